The van der Waals surface area contributed by atoms with Gasteiger partial charge in [-0.25, -0.2) is 4.79 Å². The molecule has 26 heavy (non-hydrogen) atoms. The Morgan fingerprint density at radius 1 is 1.00 bits per heavy atom. The number of allylic oxidation sites excluding steroid dienone is 1. The lowest BCUT2D eigenvalue weighted by molar-refractivity contribution is -0.0543. The van der Waals surface area contributed by atoms with Crippen LogP contribution in [0.3, 0.4) is 0 Å². The van der Waals surface area contributed by atoms with Gasteiger partial charge in [0, 0.05) is 11.6 Å². The van der Waals surface area contributed by atoms with Gasteiger partial charge < -0.3 is 14.6 Å². The van der Waals surface area contributed by atoms with Gasteiger partial charge in [-0.3, -0.25) is 4.79 Å². The SMILES string of the molecule is O=C(O)c1ccc(C(=O)/C=C/c2ccc(OC(F)F)cc2OC(F)F)s1. The van der Waals surface area contributed by atoms with E-state index >= 15 is 0 Å². The number of carbonyl (C=O) groups is 2. The van der Waals surface area contributed by atoms with Crippen LogP contribution in [0.1, 0.15) is 24.9 Å². The molecule has 0 radical (unpaired) electrons. The second kappa shape index (κ2) is 8.48. The van der Waals surface area contributed by atoms with Crippen molar-refractivity contribution in [3.05, 3.63) is 51.7 Å². The molecule has 0 bridgehead atoms. The van der Waals surface area contributed by atoms with Crippen molar-refractivity contribution in [1.29, 1.82) is 0 Å². The second-order valence-corrected chi connectivity index (χ2v) is 5.71. The van der Waals surface area contributed by atoms with E-state index in [2.05, 4.69) is 9.47 Å². The predicted octanol–water partition coefficient (Wildman–Crippen LogP) is 4.55. The second-order valence-electron chi connectivity index (χ2n) is 4.62. The molecular weight excluding hydrogens is 380 g/mol. The fourth-order valence-corrected chi connectivity index (χ4v) is 2.62. The van der Waals surface area contributed by atoms with Gasteiger partial charge in [-0.15, -0.1) is 11.3 Å². The Hall–Kier alpha value is -2.88. The van der Waals surface area contributed by atoms with Gasteiger partial charge in [0.25, 0.3) is 0 Å². The van der Waals surface area contributed by atoms with Crippen molar-refractivity contribution in [2.75, 3.05) is 0 Å². The van der Waals surface area contributed by atoms with Gasteiger partial charge >= 0.3 is 19.2 Å². The molecule has 2 aromatic rings. The Morgan fingerprint density at radius 2 is 1.65 bits per heavy atom. The zero-order chi connectivity index (χ0) is 19.3. The highest BCUT2D eigenvalue weighted by molar-refractivity contribution is 7.16. The molecular formula is C16H10F4O5S. The van der Waals surface area contributed by atoms with Crippen LogP contribution in [-0.2, 0) is 0 Å². The number of thiophene rings is 1. The lowest BCUT2D eigenvalue weighted by Crippen LogP contribution is -2.05. The fourth-order valence-electron chi connectivity index (χ4n) is 1.86. The van der Waals surface area contributed by atoms with Crippen LogP contribution in [0.4, 0.5) is 17.6 Å². The summed E-state index contributed by atoms with van der Waals surface area (Å²) >= 11 is 0.753. The molecule has 1 aromatic heterocycles. The van der Waals surface area contributed by atoms with Gasteiger partial charge in [0.15, 0.2) is 5.78 Å². The molecule has 1 aromatic carbocycles. The number of ether oxygens (including phenoxy) is 2. The van der Waals surface area contributed by atoms with Crippen molar-refractivity contribution in [2.24, 2.45) is 0 Å². The van der Waals surface area contributed by atoms with Crippen LogP contribution in [0.15, 0.2) is 36.4 Å². The topological polar surface area (TPSA) is 72.8 Å². The van der Waals surface area contributed by atoms with Crippen molar-refractivity contribution in [2.45, 2.75) is 13.2 Å². The number of ketones is 1. The quantitative estimate of drug-likeness (QED) is 0.407. The molecule has 0 amide bonds. The maximum absolute atomic E-state index is 12.5. The van der Waals surface area contributed by atoms with Crippen molar-refractivity contribution in [3.63, 3.8) is 0 Å². The number of aromatic carboxylic acids is 1. The molecule has 0 aliphatic carbocycles. The normalized spacial score (nSPS) is 11.3. The summed E-state index contributed by atoms with van der Waals surface area (Å²) in [5, 5.41) is 8.82. The van der Waals surface area contributed by atoms with E-state index in [1.165, 1.54) is 12.1 Å². The molecule has 0 aliphatic rings. The van der Waals surface area contributed by atoms with E-state index in [1.54, 1.807) is 0 Å². The van der Waals surface area contributed by atoms with Crippen molar-refractivity contribution >= 4 is 29.2 Å². The molecule has 10 heteroatoms. The number of alkyl halides is 4. The van der Waals surface area contributed by atoms with Gasteiger partial charge in [-0.2, -0.15) is 17.6 Å². The molecule has 0 spiro atoms. The number of hydrogen-bond acceptors (Lipinski definition) is 5. The molecule has 0 saturated carbocycles. The summed E-state index contributed by atoms with van der Waals surface area (Å²) in [7, 11) is 0. The minimum absolute atomic E-state index is 0.0234. The molecule has 0 aliphatic heterocycles. The fraction of sp³-hybridized carbons (Fsp3) is 0.125. The minimum atomic E-state index is -3.21. The Morgan fingerprint density at radius 3 is 2.23 bits per heavy atom. The summed E-state index contributed by atoms with van der Waals surface area (Å²) in [6.45, 7) is -6.35. The Labute approximate surface area is 148 Å². The first-order valence-corrected chi connectivity index (χ1v) is 7.67. The summed E-state index contributed by atoms with van der Waals surface area (Å²) < 4.78 is 57.7. The van der Waals surface area contributed by atoms with Crippen LogP contribution in [0.5, 0.6) is 11.5 Å². The number of carboxylic acid groups (broad SMARTS) is 1. The van der Waals surface area contributed by atoms with Crippen LogP contribution < -0.4 is 9.47 Å². The van der Waals surface area contributed by atoms with Gasteiger partial charge in [0.1, 0.15) is 16.4 Å². The first-order chi connectivity index (χ1) is 12.3. The first-order valence-electron chi connectivity index (χ1n) is 6.85. The third-order valence-electron chi connectivity index (χ3n) is 2.90. The first kappa shape index (κ1) is 19.4. The summed E-state index contributed by atoms with van der Waals surface area (Å²) in [5.41, 5.74) is 0.0234. The van der Waals surface area contributed by atoms with Crippen molar-refractivity contribution in [1.82, 2.24) is 0 Å². The molecule has 0 fully saturated rings. The Bertz CT molecular complexity index is 832. The summed E-state index contributed by atoms with van der Waals surface area (Å²) in [4.78, 5) is 22.9. The highest BCUT2D eigenvalue weighted by Crippen LogP contribution is 2.29. The number of rotatable bonds is 8. The summed E-state index contributed by atoms with van der Waals surface area (Å²) in [6, 6.07) is 5.68. The number of halogens is 4. The number of carboxylic acids is 1. The van der Waals surface area contributed by atoms with E-state index in [0.717, 1.165) is 41.7 Å². The molecule has 0 atom stereocenters. The zero-order valence-electron chi connectivity index (χ0n) is 12.7. The summed E-state index contributed by atoms with van der Waals surface area (Å²) in [5.74, 6) is -2.58. The monoisotopic (exact) mass is 390 g/mol. The lowest BCUT2D eigenvalue weighted by Gasteiger charge is -2.11. The molecule has 1 N–H and O–H groups in total. The van der Waals surface area contributed by atoms with Crippen molar-refractivity contribution in [3.8, 4) is 11.5 Å². The van der Waals surface area contributed by atoms with Crippen molar-refractivity contribution < 1.29 is 41.7 Å². The van der Waals surface area contributed by atoms with Crippen LogP contribution in [0.25, 0.3) is 6.08 Å². The minimum Gasteiger partial charge on any atom is -0.477 e. The van der Waals surface area contributed by atoms with E-state index < -0.39 is 30.7 Å². The van der Waals surface area contributed by atoms with Crippen LogP contribution in [0, 0.1) is 0 Å². The summed E-state index contributed by atoms with van der Waals surface area (Å²) in [6.07, 6.45) is 2.17. The van der Waals surface area contributed by atoms with Gasteiger partial charge in [-0.1, -0.05) is 0 Å². The predicted molar refractivity (Wildman–Crippen MR) is 84.3 cm³/mol. The zero-order valence-corrected chi connectivity index (χ0v) is 13.5. The third kappa shape index (κ3) is 5.31. The average molecular weight is 390 g/mol. The highest BCUT2D eigenvalue weighted by Gasteiger charge is 2.14. The van der Waals surface area contributed by atoms with Crippen LogP contribution in [-0.4, -0.2) is 30.1 Å². The smallest absolute Gasteiger partial charge is 0.387 e. The Kier molecular flexibility index (Phi) is 6.34. The van der Waals surface area contributed by atoms with E-state index in [0.29, 0.717) is 0 Å². The maximum Gasteiger partial charge on any atom is 0.387 e. The van der Waals surface area contributed by atoms with E-state index in [-0.39, 0.29) is 21.1 Å². The number of carbonyl (C=O) groups excluding carboxylic acids is 1. The van der Waals surface area contributed by atoms with E-state index in [1.807, 2.05) is 0 Å². The largest absolute Gasteiger partial charge is 0.477 e. The average Bonchev–Trinajstić information content (AvgIpc) is 3.03. The van der Waals surface area contributed by atoms with Gasteiger partial charge in [-0.05, 0) is 36.4 Å². The molecule has 0 saturated heterocycles. The molecule has 2 rings (SSSR count). The van der Waals surface area contributed by atoms with Gasteiger partial charge in [0.2, 0.25) is 0 Å². The standard InChI is InChI=1S/C16H10F4O5S/c17-15(18)24-9-3-1-8(11(7-9)25-16(19)20)2-4-10(21)12-5-6-13(26-12)14(22)23/h1-7,15-16H,(H,22,23)/b4-2+. The number of benzene rings is 1. The molecule has 0 unspecified atom stereocenters. The lowest BCUT2D eigenvalue weighted by atomic mass is 10.1. The number of hydrogen-bond donors (Lipinski definition) is 1. The van der Waals surface area contributed by atoms with E-state index in [4.69, 9.17) is 5.11 Å². The molecule has 5 nitrogen and oxygen atoms in total. The van der Waals surface area contributed by atoms with Crippen LogP contribution in [0.2, 0.25) is 0 Å². The molecule has 1 heterocycles. The maximum atomic E-state index is 12.5. The van der Waals surface area contributed by atoms with Gasteiger partial charge in [0.05, 0.1) is 4.88 Å². The molecule has 138 valence electrons. The Balaban J connectivity index is 2.23. The highest BCUT2D eigenvalue weighted by atomic mass is 32.1. The van der Waals surface area contributed by atoms with Crippen LogP contribution >= 0.6 is 11.3 Å². The third-order valence-corrected chi connectivity index (χ3v) is 3.99. The van der Waals surface area contributed by atoms with E-state index in [9.17, 15) is 27.2 Å².